The Bertz CT molecular complexity index is 868. The lowest BCUT2D eigenvalue weighted by molar-refractivity contribution is -0.131. The number of urea groups is 1. The summed E-state index contributed by atoms with van der Waals surface area (Å²) in [6.45, 7) is 6.85. The Morgan fingerprint density at radius 2 is 1.70 bits per heavy atom. The molecule has 0 saturated carbocycles. The number of terminal acetylenes is 1. The number of nitrogens with one attached hydrogen (secondary N) is 2. The number of hydrogen-bond donors (Lipinski definition) is 2. The molecule has 2 N–H and O–H groups in total. The monoisotopic (exact) mass is 407 g/mol. The summed E-state index contributed by atoms with van der Waals surface area (Å²) >= 11 is 0. The van der Waals surface area contributed by atoms with Crippen molar-refractivity contribution in [2.75, 3.05) is 18.5 Å². The number of amides is 3. The van der Waals surface area contributed by atoms with Gasteiger partial charge in [0.15, 0.2) is 0 Å². The summed E-state index contributed by atoms with van der Waals surface area (Å²) in [4.78, 5) is 25.6. The summed E-state index contributed by atoms with van der Waals surface area (Å²) < 4.78 is 5.34. The number of anilines is 1. The molecule has 2 rings (SSSR count). The van der Waals surface area contributed by atoms with E-state index in [2.05, 4.69) is 16.6 Å². The number of nitrogens with zero attached hydrogens (tertiary/aromatic N) is 1. The molecule has 2 aromatic rings. The number of rotatable bonds is 9. The third kappa shape index (κ3) is 7.51. The Balaban J connectivity index is 1.77. The van der Waals surface area contributed by atoms with Gasteiger partial charge in [0, 0.05) is 31.7 Å². The van der Waals surface area contributed by atoms with Gasteiger partial charge in [-0.15, -0.1) is 6.42 Å². The fourth-order valence-corrected chi connectivity index (χ4v) is 2.92. The van der Waals surface area contributed by atoms with Crippen LogP contribution in [-0.4, -0.2) is 36.0 Å². The standard InChI is InChI=1S/C24H29N3O3/c1-5-16-30-23-12-8-20(9-13-23)14-15-25-24(29)26-22-10-6-21(7-11-22)17-27(18(2)3)19(4)28/h1,6-13,18H,14-17H2,2-4H3,(H2,25,26,29). The minimum Gasteiger partial charge on any atom is -0.481 e. The molecule has 0 aromatic heterocycles. The number of carbonyl (C=O) groups is 2. The molecule has 0 atom stereocenters. The van der Waals surface area contributed by atoms with E-state index in [4.69, 9.17) is 11.2 Å². The molecule has 0 radical (unpaired) electrons. The SMILES string of the molecule is C#CCOc1ccc(CCNC(=O)Nc2ccc(CN(C(C)=O)C(C)C)cc2)cc1. The predicted molar refractivity (Wildman–Crippen MR) is 119 cm³/mol. The molecule has 0 saturated heterocycles. The molecule has 30 heavy (non-hydrogen) atoms. The van der Waals surface area contributed by atoms with E-state index in [1.165, 1.54) is 0 Å². The second-order valence-corrected chi connectivity index (χ2v) is 7.21. The number of benzene rings is 2. The topological polar surface area (TPSA) is 70.7 Å². The van der Waals surface area contributed by atoms with Gasteiger partial charge >= 0.3 is 6.03 Å². The quantitative estimate of drug-likeness (QED) is 0.621. The second kappa shape index (κ2) is 11.5. The summed E-state index contributed by atoms with van der Waals surface area (Å²) in [7, 11) is 0. The zero-order valence-corrected chi connectivity index (χ0v) is 17.8. The van der Waals surface area contributed by atoms with E-state index in [0.717, 1.165) is 16.9 Å². The van der Waals surface area contributed by atoms with E-state index in [-0.39, 0.29) is 24.6 Å². The highest BCUT2D eigenvalue weighted by Gasteiger charge is 2.13. The second-order valence-electron chi connectivity index (χ2n) is 7.21. The van der Waals surface area contributed by atoms with Gasteiger partial charge in [0.25, 0.3) is 0 Å². The Kier molecular flexibility index (Phi) is 8.76. The van der Waals surface area contributed by atoms with Gasteiger partial charge in [-0.25, -0.2) is 4.79 Å². The van der Waals surface area contributed by atoms with E-state index in [1.54, 1.807) is 11.8 Å². The molecule has 0 spiro atoms. The molecule has 2 aromatic carbocycles. The first-order valence-electron chi connectivity index (χ1n) is 9.95. The maximum Gasteiger partial charge on any atom is 0.319 e. The average molecular weight is 408 g/mol. The number of hydrogen-bond acceptors (Lipinski definition) is 3. The molecular weight excluding hydrogens is 378 g/mol. The minimum absolute atomic E-state index is 0.0429. The highest BCUT2D eigenvalue weighted by atomic mass is 16.5. The van der Waals surface area contributed by atoms with Gasteiger partial charge in [-0.2, -0.15) is 0 Å². The number of ether oxygens (including phenoxy) is 1. The molecule has 0 aliphatic heterocycles. The van der Waals surface area contributed by atoms with E-state index in [1.807, 2.05) is 62.4 Å². The third-order valence-corrected chi connectivity index (χ3v) is 4.54. The van der Waals surface area contributed by atoms with E-state index in [9.17, 15) is 9.59 Å². The maximum absolute atomic E-state index is 12.1. The first-order valence-corrected chi connectivity index (χ1v) is 9.95. The molecule has 0 fully saturated rings. The molecule has 0 heterocycles. The lowest BCUT2D eigenvalue weighted by atomic mass is 10.1. The summed E-state index contributed by atoms with van der Waals surface area (Å²) in [5.41, 5.74) is 2.80. The van der Waals surface area contributed by atoms with Crippen molar-refractivity contribution in [2.24, 2.45) is 0 Å². The minimum atomic E-state index is -0.260. The van der Waals surface area contributed by atoms with Gasteiger partial charge in [0.2, 0.25) is 5.91 Å². The van der Waals surface area contributed by atoms with Crippen molar-refractivity contribution < 1.29 is 14.3 Å². The van der Waals surface area contributed by atoms with Gasteiger partial charge in [0.1, 0.15) is 12.4 Å². The first-order chi connectivity index (χ1) is 14.4. The van der Waals surface area contributed by atoms with E-state index >= 15 is 0 Å². The molecule has 3 amide bonds. The van der Waals surface area contributed by atoms with Crippen molar-refractivity contribution in [1.29, 1.82) is 0 Å². The smallest absolute Gasteiger partial charge is 0.319 e. The van der Waals surface area contributed by atoms with Crippen LogP contribution in [0.2, 0.25) is 0 Å². The predicted octanol–water partition coefficient (Wildman–Crippen LogP) is 3.82. The third-order valence-electron chi connectivity index (χ3n) is 4.54. The van der Waals surface area contributed by atoms with Gasteiger partial charge < -0.3 is 20.3 Å². The summed E-state index contributed by atoms with van der Waals surface area (Å²) in [6, 6.07) is 15.0. The highest BCUT2D eigenvalue weighted by Crippen LogP contribution is 2.14. The Morgan fingerprint density at radius 3 is 2.27 bits per heavy atom. The molecule has 6 nitrogen and oxygen atoms in total. The molecule has 6 heteroatoms. The van der Waals surface area contributed by atoms with Crippen LogP contribution in [0.15, 0.2) is 48.5 Å². The molecule has 0 bridgehead atoms. The van der Waals surface area contributed by atoms with Crippen LogP contribution in [0, 0.1) is 12.3 Å². The summed E-state index contributed by atoms with van der Waals surface area (Å²) in [6.07, 6.45) is 5.87. The van der Waals surface area contributed by atoms with Crippen molar-refractivity contribution in [3.05, 3.63) is 59.7 Å². The Morgan fingerprint density at radius 1 is 1.07 bits per heavy atom. The van der Waals surface area contributed by atoms with Gasteiger partial charge in [-0.3, -0.25) is 4.79 Å². The molecular formula is C24H29N3O3. The van der Waals surface area contributed by atoms with Crippen LogP contribution < -0.4 is 15.4 Å². The fraction of sp³-hybridized carbons (Fsp3) is 0.333. The van der Waals surface area contributed by atoms with Gasteiger partial charge in [-0.1, -0.05) is 30.2 Å². The maximum atomic E-state index is 12.1. The van der Waals surface area contributed by atoms with Crippen LogP contribution in [0.1, 0.15) is 31.9 Å². The van der Waals surface area contributed by atoms with Crippen LogP contribution in [0.25, 0.3) is 0 Å². The van der Waals surface area contributed by atoms with E-state index < -0.39 is 0 Å². The van der Waals surface area contributed by atoms with Crippen molar-refractivity contribution >= 4 is 17.6 Å². The van der Waals surface area contributed by atoms with Crippen LogP contribution in [0.5, 0.6) is 5.75 Å². The molecule has 0 aliphatic rings. The lowest BCUT2D eigenvalue weighted by Crippen LogP contribution is -2.34. The van der Waals surface area contributed by atoms with Gasteiger partial charge in [0.05, 0.1) is 0 Å². The normalized spacial score (nSPS) is 10.2. The average Bonchev–Trinajstić information content (AvgIpc) is 2.72. The molecule has 0 aliphatic carbocycles. The van der Waals surface area contributed by atoms with Crippen LogP contribution in [0.3, 0.4) is 0 Å². The Hall–Kier alpha value is -3.46. The van der Waals surface area contributed by atoms with Crippen molar-refractivity contribution in [3.8, 4) is 18.1 Å². The van der Waals surface area contributed by atoms with E-state index in [0.29, 0.717) is 25.2 Å². The summed E-state index contributed by atoms with van der Waals surface area (Å²) in [5, 5.41) is 5.66. The fourth-order valence-electron chi connectivity index (χ4n) is 2.92. The summed E-state index contributed by atoms with van der Waals surface area (Å²) in [5.74, 6) is 3.20. The van der Waals surface area contributed by atoms with Crippen LogP contribution >= 0.6 is 0 Å². The molecule has 0 unspecified atom stereocenters. The van der Waals surface area contributed by atoms with Crippen LogP contribution in [0.4, 0.5) is 10.5 Å². The number of carbonyl (C=O) groups excluding carboxylic acids is 2. The highest BCUT2D eigenvalue weighted by molar-refractivity contribution is 5.89. The van der Waals surface area contributed by atoms with Crippen LogP contribution in [-0.2, 0) is 17.8 Å². The van der Waals surface area contributed by atoms with Crippen molar-refractivity contribution in [1.82, 2.24) is 10.2 Å². The lowest BCUT2D eigenvalue weighted by Gasteiger charge is -2.25. The largest absolute Gasteiger partial charge is 0.481 e. The van der Waals surface area contributed by atoms with Crippen molar-refractivity contribution in [3.63, 3.8) is 0 Å². The van der Waals surface area contributed by atoms with Gasteiger partial charge in [-0.05, 0) is 55.7 Å². The zero-order chi connectivity index (χ0) is 21.9. The zero-order valence-electron chi connectivity index (χ0n) is 17.8. The molecule has 158 valence electrons. The first kappa shape index (κ1) is 22.8. The Labute approximate surface area is 178 Å². The van der Waals surface area contributed by atoms with Crippen molar-refractivity contribution in [2.45, 2.75) is 39.8 Å².